The molecule has 0 fully saturated rings. The Morgan fingerprint density at radius 3 is 2.57 bits per heavy atom. The lowest BCUT2D eigenvalue weighted by molar-refractivity contribution is 1.46. The summed E-state index contributed by atoms with van der Waals surface area (Å²) >= 11 is 5.35. The summed E-state index contributed by atoms with van der Waals surface area (Å²) in [5.41, 5.74) is 4.96. The average Bonchev–Trinajstić information content (AvgIpc) is 1.68. The lowest BCUT2D eigenvalue weighted by Crippen LogP contribution is -1.82. The highest BCUT2D eigenvalue weighted by Gasteiger charge is 1.75. The van der Waals surface area contributed by atoms with Gasteiger partial charge in [0.15, 0.2) is 0 Å². The third-order valence-corrected chi connectivity index (χ3v) is 0.742. The molecule has 0 aromatic heterocycles. The molecule has 0 spiro atoms. The van der Waals surface area contributed by atoms with Gasteiger partial charge >= 0.3 is 0 Å². The second-order valence-corrected chi connectivity index (χ2v) is 1.29. The summed E-state index contributed by atoms with van der Waals surface area (Å²) in [6.07, 6.45) is 2.86. The van der Waals surface area contributed by atoms with Gasteiger partial charge in [-0.15, -0.1) is 0 Å². The van der Waals surface area contributed by atoms with E-state index < -0.39 is 0 Å². The minimum atomic E-state index is 0.419. The molecule has 0 aromatic rings. The molecule has 0 amide bonds. The second kappa shape index (κ2) is 3.68. The minimum absolute atomic E-state index is 0.419. The molecule has 0 aliphatic carbocycles. The number of hydrogen-bond acceptors (Lipinski definition) is 2. The first-order valence-electron chi connectivity index (χ1n) is 1.82. The zero-order valence-electron chi connectivity index (χ0n) is 4.06. The van der Waals surface area contributed by atoms with E-state index in [1.807, 2.05) is 0 Å². The molecule has 0 saturated heterocycles. The van der Waals surface area contributed by atoms with Crippen molar-refractivity contribution in [3.8, 4) is 0 Å². The van der Waals surface area contributed by atoms with E-state index in [1.165, 1.54) is 12.3 Å². The average molecular weight is 119 g/mol. The number of allylic oxidation sites excluding steroid dienone is 1. The number of halogens is 1. The number of aliphatic imine (C=N–C) groups is 1. The molecule has 0 aliphatic rings. The van der Waals surface area contributed by atoms with Crippen LogP contribution in [0.15, 0.2) is 17.3 Å². The number of nitrogens with zero attached hydrogens (tertiary/aromatic N) is 1. The molecule has 40 valence electrons. The fourth-order valence-electron chi connectivity index (χ4n) is 0.154. The summed E-state index contributed by atoms with van der Waals surface area (Å²) < 4.78 is 0. The Morgan fingerprint density at radius 1 is 1.86 bits per heavy atom. The van der Waals surface area contributed by atoms with Crippen molar-refractivity contribution < 1.29 is 0 Å². The Morgan fingerprint density at radius 2 is 2.43 bits per heavy atom. The van der Waals surface area contributed by atoms with Gasteiger partial charge in [-0.25, -0.2) is 0 Å². The summed E-state index contributed by atoms with van der Waals surface area (Å²) in [6, 6.07) is 0. The minimum Gasteiger partial charge on any atom is -0.405 e. The van der Waals surface area contributed by atoms with Gasteiger partial charge in [-0.05, 0) is 12.3 Å². The van der Waals surface area contributed by atoms with Crippen molar-refractivity contribution in [2.75, 3.05) is 7.05 Å². The SMILES string of the molecule is CN=C(Cl)C=CN. The number of hydrogen-bond donors (Lipinski definition) is 1. The van der Waals surface area contributed by atoms with E-state index in [-0.39, 0.29) is 0 Å². The molecule has 2 N–H and O–H groups in total. The maximum atomic E-state index is 5.35. The number of rotatable bonds is 1. The molecule has 0 bridgehead atoms. The molecule has 0 unspecified atom stereocenters. The van der Waals surface area contributed by atoms with Crippen molar-refractivity contribution in [3.63, 3.8) is 0 Å². The predicted octanol–water partition coefficient (Wildman–Crippen LogP) is 0.726. The highest BCUT2D eigenvalue weighted by atomic mass is 35.5. The van der Waals surface area contributed by atoms with Gasteiger partial charge in [-0.3, -0.25) is 4.99 Å². The highest BCUT2D eigenvalue weighted by Crippen LogP contribution is 1.82. The van der Waals surface area contributed by atoms with Crippen LogP contribution < -0.4 is 5.73 Å². The summed E-state index contributed by atoms with van der Waals surface area (Å²) in [7, 11) is 1.60. The Kier molecular flexibility index (Phi) is 3.42. The summed E-state index contributed by atoms with van der Waals surface area (Å²) in [5, 5.41) is 0.419. The van der Waals surface area contributed by atoms with Gasteiger partial charge in [0.25, 0.3) is 0 Å². The van der Waals surface area contributed by atoms with E-state index in [1.54, 1.807) is 7.05 Å². The van der Waals surface area contributed by atoms with Gasteiger partial charge in [-0.1, -0.05) is 11.6 Å². The molecular formula is C4H7ClN2. The Labute approximate surface area is 47.7 Å². The highest BCUT2D eigenvalue weighted by molar-refractivity contribution is 6.68. The molecule has 2 nitrogen and oxygen atoms in total. The van der Waals surface area contributed by atoms with Gasteiger partial charge in [-0.2, -0.15) is 0 Å². The van der Waals surface area contributed by atoms with E-state index >= 15 is 0 Å². The molecule has 0 atom stereocenters. The monoisotopic (exact) mass is 118 g/mol. The van der Waals surface area contributed by atoms with Crippen LogP contribution in [0.4, 0.5) is 0 Å². The second-order valence-electron chi connectivity index (χ2n) is 0.905. The summed E-state index contributed by atoms with van der Waals surface area (Å²) in [5.74, 6) is 0. The van der Waals surface area contributed by atoms with Crippen LogP contribution in [0.25, 0.3) is 0 Å². The first-order valence-corrected chi connectivity index (χ1v) is 2.19. The van der Waals surface area contributed by atoms with Crippen molar-refractivity contribution in [2.24, 2.45) is 10.7 Å². The van der Waals surface area contributed by atoms with Crippen LogP contribution in [0.2, 0.25) is 0 Å². The van der Waals surface area contributed by atoms with Crippen molar-refractivity contribution in [1.29, 1.82) is 0 Å². The summed E-state index contributed by atoms with van der Waals surface area (Å²) in [6.45, 7) is 0. The van der Waals surface area contributed by atoms with E-state index in [4.69, 9.17) is 17.3 Å². The van der Waals surface area contributed by atoms with Crippen LogP contribution in [-0.2, 0) is 0 Å². The first-order chi connectivity index (χ1) is 3.31. The quantitative estimate of drug-likeness (QED) is 0.507. The van der Waals surface area contributed by atoms with Crippen molar-refractivity contribution in [2.45, 2.75) is 0 Å². The van der Waals surface area contributed by atoms with Crippen molar-refractivity contribution >= 4 is 16.8 Å². The molecule has 0 saturated carbocycles. The number of nitrogens with two attached hydrogens (primary N) is 1. The van der Waals surface area contributed by atoms with Crippen LogP contribution in [0.1, 0.15) is 0 Å². The molecule has 3 heteroatoms. The van der Waals surface area contributed by atoms with Gasteiger partial charge in [0, 0.05) is 7.05 Å². The zero-order valence-corrected chi connectivity index (χ0v) is 4.81. The third kappa shape index (κ3) is 3.33. The van der Waals surface area contributed by atoms with Crippen LogP contribution in [0.5, 0.6) is 0 Å². The fraction of sp³-hybridized carbons (Fsp3) is 0.250. The fourth-order valence-corrected chi connectivity index (χ4v) is 0.227. The topological polar surface area (TPSA) is 38.4 Å². The zero-order chi connectivity index (χ0) is 5.70. The van der Waals surface area contributed by atoms with Crippen LogP contribution >= 0.6 is 11.6 Å². The van der Waals surface area contributed by atoms with Crippen molar-refractivity contribution in [1.82, 2.24) is 0 Å². The third-order valence-electron chi connectivity index (χ3n) is 0.447. The maximum absolute atomic E-state index is 5.35. The lowest BCUT2D eigenvalue weighted by Gasteiger charge is -1.77. The van der Waals surface area contributed by atoms with Crippen molar-refractivity contribution in [3.05, 3.63) is 12.3 Å². The van der Waals surface area contributed by atoms with Gasteiger partial charge in [0.2, 0.25) is 0 Å². The molecule has 0 radical (unpaired) electrons. The largest absolute Gasteiger partial charge is 0.405 e. The molecule has 0 rings (SSSR count). The molecule has 7 heavy (non-hydrogen) atoms. The van der Waals surface area contributed by atoms with Gasteiger partial charge in [0.05, 0.1) is 0 Å². The van der Waals surface area contributed by atoms with Crippen LogP contribution in [-0.4, -0.2) is 12.2 Å². The van der Waals surface area contributed by atoms with E-state index in [9.17, 15) is 0 Å². The molecular weight excluding hydrogens is 112 g/mol. The molecule has 0 aliphatic heterocycles. The Hall–Kier alpha value is -0.500. The maximum Gasteiger partial charge on any atom is 0.124 e. The van der Waals surface area contributed by atoms with Crippen LogP contribution in [0.3, 0.4) is 0 Å². The summed E-state index contributed by atoms with van der Waals surface area (Å²) in [4.78, 5) is 3.59. The first kappa shape index (κ1) is 6.50. The molecule has 0 heterocycles. The Bertz CT molecular complexity index is 95.9. The normalized spacial score (nSPS) is 13.1. The predicted molar refractivity (Wildman–Crippen MR) is 32.5 cm³/mol. The smallest absolute Gasteiger partial charge is 0.124 e. The standard InChI is InChI=1S/C4H7ClN2/c1-7-4(5)2-3-6/h2-3H,6H2,1H3. The molecule has 0 aromatic carbocycles. The van der Waals surface area contributed by atoms with Gasteiger partial charge in [0.1, 0.15) is 5.17 Å². The van der Waals surface area contributed by atoms with E-state index in [0.29, 0.717) is 5.17 Å². The van der Waals surface area contributed by atoms with Crippen LogP contribution in [0, 0.1) is 0 Å². The Balaban J connectivity index is 3.58. The van der Waals surface area contributed by atoms with E-state index in [2.05, 4.69) is 4.99 Å². The van der Waals surface area contributed by atoms with E-state index in [0.717, 1.165) is 0 Å². The van der Waals surface area contributed by atoms with Gasteiger partial charge < -0.3 is 5.73 Å². The lowest BCUT2D eigenvalue weighted by atomic mass is 10.7.